The normalized spacial score (nSPS) is 19.9. The van der Waals surface area contributed by atoms with Crippen molar-refractivity contribution in [2.45, 2.75) is 58.4 Å². The number of fused-ring (bicyclic) bond motifs is 1. The molecule has 1 unspecified atom stereocenters. The zero-order chi connectivity index (χ0) is 22.2. The number of pyridine rings is 1. The Bertz CT molecular complexity index is 1130. The van der Waals surface area contributed by atoms with E-state index in [0.717, 1.165) is 47.1 Å². The summed E-state index contributed by atoms with van der Waals surface area (Å²) in [4.78, 5) is 20.9. The number of nitrogens with zero attached hydrogens (tertiary/aromatic N) is 4. The fraction of sp³-hybridized carbons (Fsp3) is 0.480. The average molecular weight is 435 g/mol. The first kappa shape index (κ1) is 21.1. The van der Waals surface area contributed by atoms with Crippen LogP contribution in [0.3, 0.4) is 0 Å². The first-order valence-electron chi connectivity index (χ1n) is 11.5. The number of carbonyl (C=O) groups is 1. The summed E-state index contributed by atoms with van der Waals surface area (Å²) in [6.07, 6.45) is 4.38. The van der Waals surface area contributed by atoms with Gasteiger partial charge < -0.3 is 14.4 Å². The minimum Gasteiger partial charge on any atom is -0.348 e. The van der Waals surface area contributed by atoms with Crippen LogP contribution < -0.4 is 0 Å². The van der Waals surface area contributed by atoms with Gasteiger partial charge in [-0.15, -0.1) is 0 Å². The van der Waals surface area contributed by atoms with Gasteiger partial charge >= 0.3 is 0 Å². The molecule has 0 saturated carbocycles. The lowest BCUT2D eigenvalue weighted by atomic mass is 9.98. The molecule has 2 aliphatic heterocycles. The highest BCUT2D eigenvalue weighted by Gasteiger charge is 2.37. The fourth-order valence-electron chi connectivity index (χ4n) is 4.82. The summed E-state index contributed by atoms with van der Waals surface area (Å²) in [5.74, 6) is -0.000611. The molecule has 5 rings (SSSR count). The molecule has 3 aromatic rings. The van der Waals surface area contributed by atoms with E-state index in [2.05, 4.69) is 38.0 Å². The van der Waals surface area contributed by atoms with Crippen LogP contribution in [-0.2, 0) is 9.47 Å². The van der Waals surface area contributed by atoms with Gasteiger partial charge in [0.1, 0.15) is 0 Å². The molecule has 2 aliphatic rings. The molecule has 0 N–H and O–H groups in total. The molecule has 2 aromatic heterocycles. The summed E-state index contributed by atoms with van der Waals surface area (Å²) in [5, 5.41) is 5.36. The van der Waals surface area contributed by atoms with Gasteiger partial charge in [-0.25, -0.2) is 9.67 Å². The van der Waals surface area contributed by atoms with Crippen molar-refractivity contribution < 1.29 is 14.3 Å². The summed E-state index contributed by atoms with van der Waals surface area (Å²) in [5.41, 5.74) is 4.33. The van der Waals surface area contributed by atoms with Crippen LogP contribution in [0.15, 0.2) is 36.5 Å². The maximum Gasteiger partial charge on any atom is 0.255 e. The Morgan fingerprint density at radius 3 is 2.69 bits per heavy atom. The van der Waals surface area contributed by atoms with Gasteiger partial charge in [0.2, 0.25) is 0 Å². The van der Waals surface area contributed by atoms with E-state index in [-0.39, 0.29) is 24.3 Å². The Hall–Kier alpha value is -2.77. The molecule has 4 heterocycles. The van der Waals surface area contributed by atoms with Crippen LogP contribution in [0.5, 0.6) is 0 Å². The van der Waals surface area contributed by atoms with Crippen LogP contribution in [0.4, 0.5) is 0 Å². The number of likely N-dealkylation sites (tertiary alicyclic amines) is 1. The second kappa shape index (κ2) is 8.64. The zero-order valence-electron chi connectivity index (χ0n) is 19.0. The number of aromatic nitrogens is 3. The molecule has 1 amide bonds. The van der Waals surface area contributed by atoms with Gasteiger partial charge in [-0.2, -0.15) is 5.10 Å². The van der Waals surface area contributed by atoms with Crippen molar-refractivity contribution >= 4 is 16.9 Å². The van der Waals surface area contributed by atoms with Crippen LogP contribution in [0.1, 0.15) is 55.1 Å². The predicted molar refractivity (Wildman–Crippen MR) is 122 cm³/mol. The largest absolute Gasteiger partial charge is 0.348 e. The number of benzene rings is 1. The zero-order valence-corrected chi connectivity index (χ0v) is 19.0. The summed E-state index contributed by atoms with van der Waals surface area (Å²) < 4.78 is 13.5. The third-order valence-electron chi connectivity index (χ3n) is 6.48. The molecule has 7 heteroatoms. The summed E-state index contributed by atoms with van der Waals surface area (Å²) in [7, 11) is 0. The molecule has 32 heavy (non-hydrogen) atoms. The number of rotatable bonds is 4. The molecule has 168 valence electrons. The Balaban J connectivity index is 1.63. The van der Waals surface area contributed by atoms with E-state index in [0.29, 0.717) is 25.3 Å². The summed E-state index contributed by atoms with van der Waals surface area (Å²) in [6.45, 7) is 8.09. The topological polar surface area (TPSA) is 69.5 Å². The van der Waals surface area contributed by atoms with Gasteiger partial charge in [-0.1, -0.05) is 24.3 Å². The molecule has 0 bridgehead atoms. The number of hydrogen-bond acceptors (Lipinski definition) is 5. The number of hydrogen-bond donors (Lipinski definition) is 0. The van der Waals surface area contributed by atoms with Crippen LogP contribution in [0, 0.1) is 6.92 Å². The van der Waals surface area contributed by atoms with Crippen LogP contribution >= 0.6 is 0 Å². The number of carbonyl (C=O) groups excluding carboxylic acids is 1. The van der Waals surface area contributed by atoms with Gasteiger partial charge in [0.05, 0.1) is 42.1 Å². The molecule has 1 atom stereocenters. The van der Waals surface area contributed by atoms with E-state index >= 15 is 0 Å². The molecule has 2 fully saturated rings. The van der Waals surface area contributed by atoms with Crippen LogP contribution in [-0.4, -0.2) is 57.7 Å². The lowest BCUT2D eigenvalue weighted by molar-refractivity contribution is -0.100. The van der Waals surface area contributed by atoms with Crippen LogP contribution in [0.25, 0.3) is 22.3 Å². The summed E-state index contributed by atoms with van der Waals surface area (Å²) in [6, 6.07) is 10.1. The van der Waals surface area contributed by atoms with Gasteiger partial charge in [0.15, 0.2) is 11.9 Å². The monoisotopic (exact) mass is 434 g/mol. The van der Waals surface area contributed by atoms with E-state index in [1.807, 2.05) is 27.8 Å². The predicted octanol–water partition coefficient (Wildman–Crippen LogP) is 4.36. The third-order valence-corrected chi connectivity index (χ3v) is 6.48. The third kappa shape index (κ3) is 3.69. The quantitative estimate of drug-likeness (QED) is 0.610. The molecular formula is C25H30N4O3. The minimum absolute atomic E-state index is 0.000611. The van der Waals surface area contributed by atoms with Gasteiger partial charge in [-0.3, -0.25) is 4.79 Å². The maximum atomic E-state index is 14.0. The SMILES string of the molecule is Cc1ccccc1-c1cc(C(=O)N2CCCCC2C2OCCO2)c2cnn(C(C)C)c2n1. The van der Waals surface area contributed by atoms with Crippen molar-refractivity contribution in [1.29, 1.82) is 0 Å². The van der Waals surface area contributed by atoms with Crippen molar-refractivity contribution in [3.05, 3.63) is 47.7 Å². The lowest BCUT2D eigenvalue weighted by Crippen LogP contribution is -2.50. The number of amides is 1. The van der Waals surface area contributed by atoms with Crippen molar-refractivity contribution in [2.75, 3.05) is 19.8 Å². The average Bonchev–Trinajstić information content (AvgIpc) is 3.48. The Labute approximate surface area is 188 Å². The minimum atomic E-state index is -0.342. The standard InChI is InChI=1S/C25H30N4O3/c1-16(2)29-23-20(15-26-29)19(14-21(27-23)18-9-5-4-8-17(18)3)24(30)28-11-7-6-10-22(28)25-31-12-13-32-25/h4-5,8-9,14-16,22,25H,6-7,10-13H2,1-3H3. The fourth-order valence-corrected chi connectivity index (χ4v) is 4.82. The number of piperidine rings is 1. The van der Waals surface area contributed by atoms with Crippen LogP contribution in [0.2, 0.25) is 0 Å². The van der Waals surface area contributed by atoms with Crippen molar-refractivity contribution in [2.24, 2.45) is 0 Å². The molecule has 1 aromatic carbocycles. The summed E-state index contributed by atoms with van der Waals surface area (Å²) >= 11 is 0. The molecule has 0 aliphatic carbocycles. The number of aryl methyl sites for hydroxylation is 1. The van der Waals surface area contributed by atoms with E-state index < -0.39 is 0 Å². The first-order chi connectivity index (χ1) is 15.5. The molecule has 0 spiro atoms. The lowest BCUT2D eigenvalue weighted by Gasteiger charge is -2.38. The van der Waals surface area contributed by atoms with Gasteiger partial charge in [0.25, 0.3) is 5.91 Å². The number of ether oxygens (including phenoxy) is 2. The van der Waals surface area contributed by atoms with E-state index in [1.165, 1.54) is 0 Å². The van der Waals surface area contributed by atoms with Crippen molar-refractivity contribution in [3.8, 4) is 11.3 Å². The first-order valence-corrected chi connectivity index (χ1v) is 11.5. The van der Waals surface area contributed by atoms with Crippen molar-refractivity contribution in [3.63, 3.8) is 0 Å². The second-order valence-electron chi connectivity index (χ2n) is 8.96. The Morgan fingerprint density at radius 1 is 1.16 bits per heavy atom. The van der Waals surface area contributed by atoms with Gasteiger partial charge in [-0.05, 0) is 51.7 Å². The highest BCUT2D eigenvalue weighted by Crippen LogP contribution is 2.31. The second-order valence-corrected chi connectivity index (χ2v) is 8.96. The van der Waals surface area contributed by atoms with Crippen molar-refractivity contribution in [1.82, 2.24) is 19.7 Å². The maximum absolute atomic E-state index is 14.0. The van der Waals surface area contributed by atoms with E-state index in [4.69, 9.17) is 14.5 Å². The Morgan fingerprint density at radius 2 is 1.94 bits per heavy atom. The van der Waals surface area contributed by atoms with E-state index in [9.17, 15) is 4.79 Å². The Kier molecular flexibility index (Phi) is 5.69. The van der Waals surface area contributed by atoms with Gasteiger partial charge in [0, 0.05) is 18.2 Å². The molecular weight excluding hydrogens is 404 g/mol. The molecule has 2 saturated heterocycles. The van der Waals surface area contributed by atoms with E-state index in [1.54, 1.807) is 6.20 Å². The smallest absolute Gasteiger partial charge is 0.255 e. The molecule has 7 nitrogen and oxygen atoms in total. The highest BCUT2D eigenvalue weighted by atomic mass is 16.7. The highest BCUT2D eigenvalue weighted by molar-refractivity contribution is 6.06. The molecule has 0 radical (unpaired) electrons.